The lowest BCUT2D eigenvalue weighted by Crippen LogP contribution is -2.03. The second-order valence-corrected chi connectivity index (χ2v) is 4.75. The van der Waals surface area contributed by atoms with E-state index in [-0.39, 0.29) is 0 Å². The van der Waals surface area contributed by atoms with E-state index in [1.165, 1.54) is 5.56 Å². The highest BCUT2D eigenvalue weighted by atomic mass is 35.5. The average Bonchev–Trinajstić information content (AvgIpc) is 2.75. The van der Waals surface area contributed by atoms with Gasteiger partial charge in [0.15, 0.2) is 5.16 Å². The topological polar surface area (TPSA) is 54.7 Å². The molecule has 0 bridgehead atoms. The van der Waals surface area contributed by atoms with Crippen LogP contribution >= 0.6 is 23.4 Å². The summed E-state index contributed by atoms with van der Waals surface area (Å²) in [5.74, 6) is 0. The van der Waals surface area contributed by atoms with Gasteiger partial charge in [-0.05, 0) is 30.7 Å². The van der Waals surface area contributed by atoms with E-state index in [9.17, 15) is 0 Å². The molecule has 16 heavy (non-hydrogen) atoms. The number of imidazole rings is 1. The third kappa shape index (κ3) is 2.78. The van der Waals surface area contributed by atoms with Gasteiger partial charge in [0.2, 0.25) is 0 Å². The summed E-state index contributed by atoms with van der Waals surface area (Å²) < 4.78 is 0. The summed E-state index contributed by atoms with van der Waals surface area (Å²) in [5, 5.41) is 1.59. The predicted molar refractivity (Wildman–Crippen MR) is 66.9 cm³/mol. The van der Waals surface area contributed by atoms with Crippen molar-refractivity contribution in [3.63, 3.8) is 0 Å². The molecule has 0 radical (unpaired) electrons. The molecule has 3 nitrogen and oxygen atoms in total. The third-order valence-electron chi connectivity index (χ3n) is 2.12. The molecule has 1 aromatic heterocycles. The Morgan fingerprint density at radius 2 is 2.31 bits per heavy atom. The van der Waals surface area contributed by atoms with Gasteiger partial charge in [-0.15, -0.1) is 0 Å². The molecule has 0 amide bonds. The van der Waals surface area contributed by atoms with Gasteiger partial charge in [0.1, 0.15) is 0 Å². The summed E-state index contributed by atoms with van der Waals surface area (Å²) in [5.41, 5.74) is 6.78. The molecule has 3 N–H and O–H groups in total. The number of rotatable bonds is 4. The van der Waals surface area contributed by atoms with Gasteiger partial charge in [-0.25, -0.2) is 4.98 Å². The van der Waals surface area contributed by atoms with Crippen molar-refractivity contribution in [2.45, 2.75) is 16.5 Å². The van der Waals surface area contributed by atoms with Crippen LogP contribution in [0.5, 0.6) is 0 Å². The monoisotopic (exact) mass is 253 g/mol. The van der Waals surface area contributed by atoms with Crippen molar-refractivity contribution in [3.05, 3.63) is 41.2 Å². The Morgan fingerprint density at radius 3 is 3.00 bits per heavy atom. The van der Waals surface area contributed by atoms with Crippen LogP contribution in [0.2, 0.25) is 5.02 Å². The van der Waals surface area contributed by atoms with Crippen molar-refractivity contribution in [1.82, 2.24) is 9.97 Å². The molecule has 0 saturated carbocycles. The number of H-pyrrole nitrogens is 1. The molecular formula is C11H12ClN3S. The lowest BCUT2D eigenvalue weighted by Gasteiger charge is -2.07. The van der Waals surface area contributed by atoms with Crippen molar-refractivity contribution in [3.8, 4) is 0 Å². The molecule has 0 unspecified atom stereocenters. The molecule has 2 rings (SSSR count). The summed E-state index contributed by atoms with van der Waals surface area (Å²) in [6.07, 6.45) is 4.38. The number of halogens is 1. The van der Waals surface area contributed by atoms with Crippen molar-refractivity contribution in [2.75, 3.05) is 6.54 Å². The molecule has 0 saturated heterocycles. The van der Waals surface area contributed by atoms with Crippen LogP contribution in [0.4, 0.5) is 0 Å². The van der Waals surface area contributed by atoms with E-state index in [2.05, 4.69) is 9.97 Å². The molecule has 0 spiro atoms. The largest absolute Gasteiger partial charge is 0.339 e. The second kappa shape index (κ2) is 5.39. The van der Waals surface area contributed by atoms with E-state index in [1.54, 1.807) is 24.2 Å². The first-order valence-electron chi connectivity index (χ1n) is 4.95. The summed E-state index contributed by atoms with van der Waals surface area (Å²) in [7, 11) is 0. The fourth-order valence-corrected chi connectivity index (χ4v) is 2.57. The van der Waals surface area contributed by atoms with Gasteiger partial charge in [-0.1, -0.05) is 29.4 Å². The Hall–Kier alpha value is -0.970. The van der Waals surface area contributed by atoms with Crippen LogP contribution < -0.4 is 5.73 Å². The number of nitrogens with zero attached hydrogens (tertiary/aromatic N) is 1. The van der Waals surface area contributed by atoms with Crippen LogP contribution in [-0.4, -0.2) is 16.5 Å². The molecular weight excluding hydrogens is 242 g/mol. The van der Waals surface area contributed by atoms with Gasteiger partial charge in [0.05, 0.1) is 0 Å². The second-order valence-electron chi connectivity index (χ2n) is 3.29. The van der Waals surface area contributed by atoms with Crippen LogP contribution in [0.1, 0.15) is 5.56 Å². The molecule has 0 atom stereocenters. The predicted octanol–water partition coefficient (Wildman–Crippen LogP) is 2.72. The van der Waals surface area contributed by atoms with Gasteiger partial charge >= 0.3 is 0 Å². The van der Waals surface area contributed by atoms with Crippen LogP contribution in [0.15, 0.2) is 40.6 Å². The summed E-state index contributed by atoms with van der Waals surface area (Å²) in [6.45, 7) is 0.632. The fraction of sp³-hybridized carbons (Fsp3) is 0.182. The van der Waals surface area contributed by atoms with E-state index in [1.807, 2.05) is 18.2 Å². The number of benzene rings is 1. The number of nitrogens with two attached hydrogens (primary N) is 1. The molecule has 84 valence electrons. The maximum absolute atomic E-state index is 5.98. The van der Waals surface area contributed by atoms with Crippen LogP contribution in [0, 0.1) is 0 Å². The van der Waals surface area contributed by atoms with E-state index >= 15 is 0 Å². The number of aromatic nitrogens is 2. The van der Waals surface area contributed by atoms with Crippen molar-refractivity contribution in [1.29, 1.82) is 0 Å². The Kier molecular flexibility index (Phi) is 3.88. The highest BCUT2D eigenvalue weighted by Crippen LogP contribution is 2.30. The van der Waals surface area contributed by atoms with Crippen molar-refractivity contribution >= 4 is 23.4 Å². The molecule has 2 aromatic rings. The summed E-state index contributed by atoms with van der Waals surface area (Å²) in [4.78, 5) is 8.33. The maximum Gasteiger partial charge on any atom is 0.170 e. The maximum atomic E-state index is 5.98. The number of hydrogen-bond donors (Lipinski definition) is 2. The van der Waals surface area contributed by atoms with Gasteiger partial charge in [0.25, 0.3) is 0 Å². The zero-order valence-electron chi connectivity index (χ0n) is 8.61. The van der Waals surface area contributed by atoms with E-state index in [0.29, 0.717) is 6.54 Å². The summed E-state index contributed by atoms with van der Waals surface area (Å²) >= 11 is 7.55. The lowest BCUT2D eigenvalue weighted by molar-refractivity contribution is 0.942. The summed E-state index contributed by atoms with van der Waals surface area (Å²) in [6, 6.07) is 5.85. The van der Waals surface area contributed by atoms with Crippen LogP contribution in [0.3, 0.4) is 0 Å². The molecule has 0 aliphatic carbocycles. The minimum Gasteiger partial charge on any atom is -0.339 e. The Balaban J connectivity index is 2.26. The van der Waals surface area contributed by atoms with Crippen LogP contribution in [0.25, 0.3) is 0 Å². The Morgan fingerprint density at radius 1 is 1.44 bits per heavy atom. The van der Waals surface area contributed by atoms with E-state index in [0.717, 1.165) is 21.5 Å². The van der Waals surface area contributed by atoms with E-state index < -0.39 is 0 Å². The molecule has 1 aromatic carbocycles. The van der Waals surface area contributed by atoms with Crippen molar-refractivity contribution in [2.24, 2.45) is 5.73 Å². The highest BCUT2D eigenvalue weighted by molar-refractivity contribution is 7.99. The highest BCUT2D eigenvalue weighted by Gasteiger charge is 2.06. The molecule has 0 aliphatic rings. The van der Waals surface area contributed by atoms with Gasteiger partial charge < -0.3 is 10.7 Å². The normalized spacial score (nSPS) is 10.6. The van der Waals surface area contributed by atoms with E-state index in [4.69, 9.17) is 17.3 Å². The average molecular weight is 254 g/mol. The standard InChI is InChI=1S/C11H12ClN3S/c12-9-2-1-8(3-4-13)10(7-9)16-11-14-5-6-15-11/h1-2,5-7H,3-4,13H2,(H,14,15). The first-order chi connectivity index (χ1) is 7.79. The van der Waals surface area contributed by atoms with Crippen molar-refractivity contribution < 1.29 is 0 Å². The smallest absolute Gasteiger partial charge is 0.170 e. The van der Waals surface area contributed by atoms with Gasteiger partial charge in [-0.2, -0.15) is 0 Å². The minimum atomic E-state index is 0.632. The molecule has 1 heterocycles. The number of hydrogen-bond acceptors (Lipinski definition) is 3. The van der Waals surface area contributed by atoms with Gasteiger partial charge in [0, 0.05) is 22.3 Å². The SMILES string of the molecule is NCCc1ccc(Cl)cc1Sc1ncc[nH]1. The zero-order valence-corrected chi connectivity index (χ0v) is 10.2. The Bertz CT molecular complexity index is 456. The molecule has 5 heteroatoms. The first-order valence-corrected chi connectivity index (χ1v) is 6.15. The fourth-order valence-electron chi connectivity index (χ4n) is 1.40. The first kappa shape index (κ1) is 11.5. The Labute approximate surface area is 103 Å². The number of aromatic amines is 1. The zero-order chi connectivity index (χ0) is 11.4. The minimum absolute atomic E-state index is 0.632. The molecule has 0 aliphatic heterocycles. The molecule has 0 fully saturated rings. The third-order valence-corrected chi connectivity index (χ3v) is 3.37. The quantitative estimate of drug-likeness (QED) is 0.881. The lowest BCUT2D eigenvalue weighted by atomic mass is 10.1. The van der Waals surface area contributed by atoms with Crippen LogP contribution in [-0.2, 0) is 6.42 Å². The number of nitrogens with one attached hydrogen (secondary N) is 1. The van der Waals surface area contributed by atoms with Gasteiger partial charge in [-0.3, -0.25) is 0 Å².